The van der Waals surface area contributed by atoms with E-state index in [4.69, 9.17) is 0 Å². The number of aliphatic hydroxyl groups is 1. The first-order valence-electron chi connectivity index (χ1n) is 9.91. The predicted molar refractivity (Wildman–Crippen MR) is 113 cm³/mol. The summed E-state index contributed by atoms with van der Waals surface area (Å²) in [6.45, 7) is 0.746. The number of carbonyl (C=O) groups is 1. The molecule has 1 N–H and O–H groups in total. The van der Waals surface area contributed by atoms with Gasteiger partial charge in [-0.05, 0) is 48.6 Å². The topological polar surface area (TPSA) is 119 Å². The van der Waals surface area contributed by atoms with Crippen molar-refractivity contribution in [1.82, 2.24) is 33.8 Å². The summed E-state index contributed by atoms with van der Waals surface area (Å²) in [5.41, 5.74) is -0.254. The molecule has 32 heavy (non-hydrogen) atoms. The molecule has 0 unspecified atom stereocenters. The molecule has 1 amide bonds. The smallest absolute Gasteiger partial charge is 0.275 e. The Morgan fingerprint density at radius 2 is 1.97 bits per heavy atom. The SMILES string of the molecule is O=C(c1csnn1)N1CCC(O)(Cn2cnc3c(cnn3-c3ccc(F)cc3)c2=O)CC1. The van der Waals surface area contributed by atoms with Gasteiger partial charge in [0.05, 0.1) is 24.0 Å². The summed E-state index contributed by atoms with van der Waals surface area (Å²) in [4.78, 5) is 31.4. The fourth-order valence-corrected chi connectivity index (χ4v) is 4.28. The van der Waals surface area contributed by atoms with Gasteiger partial charge < -0.3 is 10.0 Å². The highest BCUT2D eigenvalue weighted by molar-refractivity contribution is 7.03. The van der Waals surface area contributed by atoms with Gasteiger partial charge in [-0.2, -0.15) is 5.10 Å². The molecule has 1 fully saturated rings. The first-order chi connectivity index (χ1) is 15.4. The van der Waals surface area contributed by atoms with Crippen molar-refractivity contribution in [3.63, 3.8) is 0 Å². The lowest BCUT2D eigenvalue weighted by Crippen LogP contribution is -2.49. The lowest BCUT2D eigenvalue weighted by Gasteiger charge is -2.38. The fourth-order valence-electron chi connectivity index (χ4n) is 3.85. The predicted octanol–water partition coefficient (Wildman–Crippen LogP) is 1.24. The summed E-state index contributed by atoms with van der Waals surface area (Å²) in [6.07, 6.45) is 3.42. The molecule has 4 heterocycles. The highest BCUT2D eigenvalue weighted by Crippen LogP contribution is 2.25. The highest BCUT2D eigenvalue weighted by Gasteiger charge is 2.35. The lowest BCUT2D eigenvalue weighted by atomic mass is 9.91. The zero-order valence-corrected chi connectivity index (χ0v) is 17.6. The van der Waals surface area contributed by atoms with Crippen LogP contribution in [0.2, 0.25) is 0 Å². The molecule has 1 aliphatic heterocycles. The van der Waals surface area contributed by atoms with Crippen LogP contribution in [-0.2, 0) is 6.54 Å². The molecule has 4 aromatic rings. The minimum Gasteiger partial charge on any atom is -0.388 e. The van der Waals surface area contributed by atoms with E-state index in [-0.39, 0.29) is 23.8 Å². The van der Waals surface area contributed by atoms with Gasteiger partial charge in [-0.25, -0.2) is 14.1 Å². The van der Waals surface area contributed by atoms with Crippen LogP contribution in [0.25, 0.3) is 16.7 Å². The van der Waals surface area contributed by atoms with E-state index in [1.165, 1.54) is 33.9 Å². The Labute approximate surface area is 184 Å². The molecule has 0 radical (unpaired) electrons. The number of halogens is 1. The fraction of sp³-hybridized carbons (Fsp3) is 0.300. The van der Waals surface area contributed by atoms with E-state index in [0.29, 0.717) is 48.3 Å². The van der Waals surface area contributed by atoms with Crippen molar-refractivity contribution in [2.24, 2.45) is 0 Å². The van der Waals surface area contributed by atoms with Gasteiger partial charge in [-0.1, -0.05) is 4.49 Å². The van der Waals surface area contributed by atoms with Gasteiger partial charge in [-0.15, -0.1) is 5.10 Å². The van der Waals surface area contributed by atoms with Crippen molar-refractivity contribution in [2.75, 3.05) is 13.1 Å². The highest BCUT2D eigenvalue weighted by atomic mass is 32.1. The quantitative estimate of drug-likeness (QED) is 0.492. The molecule has 1 aliphatic rings. The monoisotopic (exact) mass is 455 g/mol. The number of aromatic nitrogens is 6. The number of piperidine rings is 1. The number of rotatable bonds is 4. The molecule has 12 heteroatoms. The maximum absolute atomic E-state index is 13.2. The summed E-state index contributed by atoms with van der Waals surface area (Å²) < 4.78 is 19.7. The Kier molecular flexibility index (Phi) is 5.02. The normalized spacial score (nSPS) is 15.9. The molecular formula is C20H18FN7O3S. The molecular weight excluding hydrogens is 437 g/mol. The largest absolute Gasteiger partial charge is 0.388 e. The maximum Gasteiger partial charge on any atom is 0.275 e. The molecule has 0 aliphatic carbocycles. The number of nitrogens with zero attached hydrogens (tertiary/aromatic N) is 7. The number of fused-ring (bicyclic) bond motifs is 1. The summed E-state index contributed by atoms with van der Waals surface area (Å²) in [5.74, 6) is -0.584. The van der Waals surface area contributed by atoms with Gasteiger partial charge in [0.1, 0.15) is 17.5 Å². The van der Waals surface area contributed by atoms with Gasteiger partial charge in [0.25, 0.3) is 11.5 Å². The Balaban J connectivity index is 1.34. The second-order valence-electron chi connectivity index (χ2n) is 7.75. The Morgan fingerprint density at radius 3 is 2.66 bits per heavy atom. The van der Waals surface area contributed by atoms with E-state index in [1.807, 2.05) is 0 Å². The molecule has 164 valence electrons. The molecule has 3 aromatic heterocycles. The minimum atomic E-state index is -1.15. The summed E-state index contributed by atoms with van der Waals surface area (Å²) in [6, 6.07) is 5.71. The van der Waals surface area contributed by atoms with Crippen molar-refractivity contribution in [1.29, 1.82) is 0 Å². The van der Waals surface area contributed by atoms with E-state index in [2.05, 4.69) is 19.7 Å². The number of benzene rings is 1. The molecule has 0 atom stereocenters. The molecule has 1 aromatic carbocycles. The van der Waals surface area contributed by atoms with Gasteiger partial charge in [0, 0.05) is 18.5 Å². The van der Waals surface area contributed by atoms with Crippen LogP contribution in [0.5, 0.6) is 0 Å². The van der Waals surface area contributed by atoms with Crippen LogP contribution in [0.1, 0.15) is 23.3 Å². The third kappa shape index (κ3) is 3.67. The van der Waals surface area contributed by atoms with Gasteiger partial charge in [0.2, 0.25) is 0 Å². The molecule has 0 spiro atoms. The van der Waals surface area contributed by atoms with Gasteiger partial charge in [0.15, 0.2) is 11.3 Å². The van der Waals surface area contributed by atoms with Crippen molar-refractivity contribution in [3.05, 3.63) is 64.0 Å². The zero-order valence-electron chi connectivity index (χ0n) is 16.8. The molecule has 1 saturated heterocycles. The van der Waals surface area contributed by atoms with Crippen molar-refractivity contribution in [2.45, 2.75) is 25.0 Å². The van der Waals surface area contributed by atoms with E-state index in [9.17, 15) is 19.1 Å². The maximum atomic E-state index is 13.2. The van der Waals surface area contributed by atoms with Crippen molar-refractivity contribution >= 4 is 28.5 Å². The summed E-state index contributed by atoms with van der Waals surface area (Å²) >= 11 is 1.11. The Hall–Kier alpha value is -3.51. The number of likely N-dealkylation sites (tertiary alicyclic amines) is 1. The van der Waals surface area contributed by atoms with E-state index in [1.54, 1.807) is 22.4 Å². The number of hydrogen-bond donors (Lipinski definition) is 1. The van der Waals surface area contributed by atoms with E-state index < -0.39 is 5.60 Å². The summed E-state index contributed by atoms with van der Waals surface area (Å²) in [5, 5.41) is 21.0. The van der Waals surface area contributed by atoms with E-state index in [0.717, 1.165) is 11.5 Å². The van der Waals surface area contributed by atoms with Crippen LogP contribution in [0.15, 0.2) is 47.0 Å². The second-order valence-corrected chi connectivity index (χ2v) is 8.36. The number of carbonyl (C=O) groups excluding carboxylic acids is 1. The van der Waals surface area contributed by atoms with Crippen LogP contribution < -0.4 is 5.56 Å². The minimum absolute atomic E-state index is 0.0524. The average molecular weight is 455 g/mol. The summed E-state index contributed by atoms with van der Waals surface area (Å²) in [7, 11) is 0. The lowest BCUT2D eigenvalue weighted by molar-refractivity contribution is -0.0300. The van der Waals surface area contributed by atoms with Crippen molar-refractivity contribution < 1.29 is 14.3 Å². The first-order valence-corrected chi connectivity index (χ1v) is 10.7. The Bertz CT molecular complexity index is 1330. The van der Waals surface area contributed by atoms with Crippen LogP contribution >= 0.6 is 11.5 Å². The van der Waals surface area contributed by atoms with Gasteiger partial charge >= 0.3 is 0 Å². The molecule has 10 nitrogen and oxygen atoms in total. The number of hydrogen-bond acceptors (Lipinski definition) is 8. The third-order valence-corrected chi connectivity index (χ3v) is 6.16. The van der Waals surface area contributed by atoms with Gasteiger partial charge in [-0.3, -0.25) is 14.2 Å². The molecule has 0 bridgehead atoms. The van der Waals surface area contributed by atoms with Crippen LogP contribution in [0, 0.1) is 5.82 Å². The van der Waals surface area contributed by atoms with E-state index >= 15 is 0 Å². The zero-order chi connectivity index (χ0) is 22.3. The van der Waals surface area contributed by atoms with Crippen LogP contribution in [-0.4, -0.2) is 63.5 Å². The van der Waals surface area contributed by atoms with Crippen LogP contribution in [0.3, 0.4) is 0 Å². The Morgan fingerprint density at radius 1 is 1.22 bits per heavy atom. The second kappa shape index (κ2) is 7.88. The third-order valence-electron chi connectivity index (χ3n) is 5.65. The standard InChI is InChI=1S/C20H18FN7O3S/c21-13-1-3-14(4-2-13)28-17-15(9-23-28)18(29)27(12-22-17)11-20(31)5-7-26(8-6-20)19(30)16-10-32-25-24-16/h1-4,9-10,12,31H,5-8,11H2. The average Bonchev–Trinajstić information content (AvgIpc) is 3.47. The molecule has 5 rings (SSSR count). The van der Waals surface area contributed by atoms with Crippen LogP contribution in [0.4, 0.5) is 4.39 Å². The van der Waals surface area contributed by atoms with Crippen molar-refractivity contribution in [3.8, 4) is 5.69 Å². The molecule has 0 saturated carbocycles. The number of amides is 1. The first kappa shape index (κ1) is 20.4.